The summed E-state index contributed by atoms with van der Waals surface area (Å²) < 4.78 is 37.0. The predicted molar refractivity (Wildman–Crippen MR) is 60.2 cm³/mol. The molecule has 4 nitrogen and oxygen atoms in total. The second-order valence-corrected chi connectivity index (χ2v) is 4.98. The molecule has 2 aliphatic rings. The smallest absolute Gasteiger partial charge is 0.324 e. The standard InChI is InChI=1S/C11H18F3N3O/c12-11(13,14)8-17-5-1-4-16(10(17)18)7-9-2-3-15-6-9/h9,15H,1-8H2. The van der Waals surface area contributed by atoms with Crippen molar-refractivity contribution in [1.29, 1.82) is 0 Å². The topological polar surface area (TPSA) is 35.6 Å². The first-order chi connectivity index (χ1) is 8.46. The van der Waals surface area contributed by atoms with Crippen molar-refractivity contribution in [3.05, 3.63) is 0 Å². The molecule has 0 bridgehead atoms. The van der Waals surface area contributed by atoms with Gasteiger partial charge < -0.3 is 15.1 Å². The van der Waals surface area contributed by atoms with Crippen LogP contribution in [-0.4, -0.2) is 61.3 Å². The van der Waals surface area contributed by atoms with Crippen molar-refractivity contribution >= 4 is 6.03 Å². The van der Waals surface area contributed by atoms with E-state index >= 15 is 0 Å². The number of carbonyl (C=O) groups is 1. The summed E-state index contributed by atoms with van der Waals surface area (Å²) in [4.78, 5) is 14.4. The van der Waals surface area contributed by atoms with Crippen LogP contribution in [0.2, 0.25) is 0 Å². The zero-order valence-electron chi connectivity index (χ0n) is 10.2. The van der Waals surface area contributed by atoms with Crippen LogP contribution in [0, 0.1) is 5.92 Å². The Morgan fingerprint density at radius 2 is 2.00 bits per heavy atom. The van der Waals surface area contributed by atoms with Crippen LogP contribution in [0.4, 0.5) is 18.0 Å². The molecule has 0 aliphatic carbocycles. The Morgan fingerprint density at radius 3 is 2.61 bits per heavy atom. The number of rotatable bonds is 3. The number of hydrogen-bond donors (Lipinski definition) is 1. The normalized spacial score (nSPS) is 25.9. The SMILES string of the molecule is O=C1N(CC2CCNC2)CCCN1CC(F)(F)F. The van der Waals surface area contributed by atoms with E-state index in [-0.39, 0.29) is 6.54 Å². The van der Waals surface area contributed by atoms with Gasteiger partial charge in [0.2, 0.25) is 0 Å². The van der Waals surface area contributed by atoms with Crippen molar-refractivity contribution in [3.8, 4) is 0 Å². The fraction of sp³-hybridized carbons (Fsp3) is 0.909. The van der Waals surface area contributed by atoms with Crippen molar-refractivity contribution in [2.45, 2.75) is 19.0 Å². The molecule has 18 heavy (non-hydrogen) atoms. The number of nitrogens with one attached hydrogen (secondary N) is 1. The van der Waals surface area contributed by atoms with Gasteiger partial charge in [-0.15, -0.1) is 0 Å². The van der Waals surface area contributed by atoms with Gasteiger partial charge in [0.05, 0.1) is 0 Å². The van der Waals surface area contributed by atoms with Crippen molar-refractivity contribution in [1.82, 2.24) is 15.1 Å². The summed E-state index contributed by atoms with van der Waals surface area (Å²) in [5, 5.41) is 3.19. The maximum Gasteiger partial charge on any atom is 0.406 e. The number of hydrogen-bond acceptors (Lipinski definition) is 2. The molecule has 0 spiro atoms. The molecule has 0 aromatic carbocycles. The number of carbonyl (C=O) groups excluding carboxylic acids is 1. The largest absolute Gasteiger partial charge is 0.406 e. The van der Waals surface area contributed by atoms with Crippen LogP contribution < -0.4 is 5.32 Å². The minimum absolute atomic E-state index is 0.206. The average Bonchev–Trinajstić information content (AvgIpc) is 2.75. The van der Waals surface area contributed by atoms with Gasteiger partial charge in [-0.3, -0.25) is 0 Å². The van der Waals surface area contributed by atoms with E-state index in [4.69, 9.17) is 0 Å². The molecule has 2 fully saturated rings. The lowest BCUT2D eigenvalue weighted by molar-refractivity contribution is -0.142. The Labute approximate surface area is 104 Å². The third-order valence-electron chi connectivity index (χ3n) is 3.41. The molecule has 1 unspecified atom stereocenters. The third kappa shape index (κ3) is 3.51. The van der Waals surface area contributed by atoms with E-state index in [1.807, 2.05) is 0 Å². The molecule has 7 heteroatoms. The molecule has 1 N–H and O–H groups in total. The first kappa shape index (κ1) is 13.5. The highest BCUT2D eigenvalue weighted by Crippen LogP contribution is 2.21. The molecule has 0 radical (unpaired) electrons. The van der Waals surface area contributed by atoms with Gasteiger partial charge in [-0.2, -0.15) is 13.2 Å². The fourth-order valence-corrected chi connectivity index (χ4v) is 2.56. The molecular weight excluding hydrogens is 247 g/mol. The van der Waals surface area contributed by atoms with Gasteiger partial charge in [-0.1, -0.05) is 0 Å². The molecule has 0 aromatic rings. The molecule has 2 amide bonds. The van der Waals surface area contributed by atoms with Crippen LogP contribution in [0.5, 0.6) is 0 Å². The Morgan fingerprint density at radius 1 is 1.28 bits per heavy atom. The summed E-state index contributed by atoms with van der Waals surface area (Å²) in [5.74, 6) is 0.375. The summed E-state index contributed by atoms with van der Waals surface area (Å²) in [7, 11) is 0. The highest BCUT2D eigenvalue weighted by Gasteiger charge is 2.36. The van der Waals surface area contributed by atoms with E-state index < -0.39 is 18.8 Å². The Bertz CT molecular complexity index is 302. The summed E-state index contributed by atoms with van der Waals surface area (Å²) in [6, 6.07) is -0.467. The minimum atomic E-state index is -4.31. The van der Waals surface area contributed by atoms with E-state index in [2.05, 4.69) is 5.32 Å². The molecule has 0 saturated carbocycles. The van der Waals surface area contributed by atoms with E-state index in [0.29, 0.717) is 25.4 Å². The van der Waals surface area contributed by atoms with Gasteiger partial charge in [0, 0.05) is 19.6 Å². The molecule has 2 heterocycles. The summed E-state index contributed by atoms with van der Waals surface area (Å²) in [6.45, 7) is 1.99. The van der Waals surface area contributed by atoms with Gasteiger partial charge in [0.1, 0.15) is 6.54 Å². The number of amides is 2. The van der Waals surface area contributed by atoms with Gasteiger partial charge in [0.15, 0.2) is 0 Å². The average molecular weight is 265 g/mol. The Balaban J connectivity index is 1.89. The zero-order chi connectivity index (χ0) is 13.2. The highest BCUT2D eigenvalue weighted by atomic mass is 19.4. The van der Waals surface area contributed by atoms with E-state index in [1.54, 1.807) is 4.90 Å². The van der Waals surface area contributed by atoms with Crippen LogP contribution in [0.1, 0.15) is 12.8 Å². The number of alkyl halides is 3. The maximum atomic E-state index is 12.3. The zero-order valence-corrected chi connectivity index (χ0v) is 10.2. The lowest BCUT2D eigenvalue weighted by atomic mass is 10.1. The van der Waals surface area contributed by atoms with Crippen molar-refractivity contribution in [2.75, 3.05) is 39.3 Å². The Kier molecular flexibility index (Phi) is 3.99. The van der Waals surface area contributed by atoms with Crippen LogP contribution in [0.25, 0.3) is 0 Å². The molecule has 2 saturated heterocycles. The van der Waals surface area contributed by atoms with Crippen molar-refractivity contribution in [2.24, 2.45) is 5.92 Å². The highest BCUT2D eigenvalue weighted by molar-refractivity contribution is 5.75. The second kappa shape index (κ2) is 5.34. The number of halogens is 3. The molecule has 2 rings (SSSR count). The van der Waals surface area contributed by atoms with Crippen LogP contribution in [0.15, 0.2) is 0 Å². The van der Waals surface area contributed by atoms with Crippen molar-refractivity contribution in [3.63, 3.8) is 0 Å². The first-order valence-corrected chi connectivity index (χ1v) is 6.27. The maximum absolute atomic E-state index is 12.3. The fourth-order valence-electron chi connectivity index (χ4n) is 2.56. The van der Waals surface area contributed by atoms with Crippen LogP contribution >= 0.6 is 0 Å². The third-order valence-corrected chi connectivity index (χ3v) is 3.41. The van der Waals surface area contributed by atoms with Crippen LogP contribution in [-0.2, 0) is 0 Å². The lowest BCUT2D eigenvalue weighted by Gasteiger charge is -2.37. The summed E-state index contributed by atoms with van der Waals surface area (Å²) in [5.41, 5.74) is 0. The lowest BCUT2D eigenvalue weighted by Crippen LogP contribution is -2.53. The monoisotopic (exact) mass is 265 g/mol. The molecule has 0 aromatic heterocycles. The van der Waals surface area contributed by atoms with Gasteiger partial charge >= 0.3 is 12.2 Å². The Hall–Kier alpha value is -0.980. The van der Waals surface area contributed by atoms with Gasteiger partial charge in [0.25, 0.3) is 0 Å². The summed E-state index contributed by atoms with van der Waals surface area (Å²) >= 11 is 0. The molecule has 2 aliphatic heterocycles. The van der Waals surface area contributed by atoms with E-state index in [0.717, 1.165) is 24.4 Å². The second-order valence-electron chi connectivity index (χ2n) is 4.98. The first-order valence-electron chi connectivity index (χ1n) is 6.27. The quantitative estimate of drug-likeness (QED) is 0.834. The molecule has 1 atom stereocenters. The number of nitrogens with zero attached hydrogens (tertiary/aromatic N) is 2. The molecular formula is C11H18F3N3O. The van der Waals surface area contributed by atoms with E-state index in [9.17, 15) is 18.0 Å². The minimum Gasteiger partial charge on any atom is -0.324 e. The predicted octanol–water partition coefficient (Wildman–Crippen LogP) is 1.29. The van der Waals surface area contributed by atoms with Crippen molar-refractivity contribution < 1.29 is 18.0 Å². The van der Waals surface area contributed by atoms with Gasteiger partial charge in [-0.25, -0.2) is 4.79 Å². The van der Waals surface area contributed by atoms with Gasteiger partial charge in [-0.05, 0) is 31.8 Å². The van der Waals surface area contributed by atoms with E-state index in [1.165, 1.54) is 0 Å². The van der Waals surface area contributed by atoms with Crippen LogP contribution in [0.3, 0.4) is 0 Å². The summed E-state index contributed by atoms with van der Waals surface area (Å²) in [6.07, 6.45) is -2.71. The molecule has 104 valence electrons. The number of urea groups is 1.